The van der Waals surface area contributed by atoms with E-state index >= 15 is 0 Å². The number of nitrogens with one attached hydrogen (secondary N) is 1. The molecule has 26 heavy (non-hydrogen) atoms. The lowest BCUT2D eigenvalue weighted by molar-refractivity contribution is -0.116. The first-order valence-electron chi connectivity index (χ1n) is 8.93. The number of hydrogen-bond acceptors (Lipinski definition) is 4. The molecule has 0 saturated heterocycles. The first kappa shape index (κ1) is 18.4. The van der Waals surface area contributed by atoms with E-state index in [0.29, 0.717) is 18.5 Å². The number of rotatable bonds is 8. The highest BCUT2D eigenvalue weighted by atomic mass is 32.1. The van der Waals surface area contributed by atoms with Gasteiger partial charge in [-0.1, -0.05) is 36.4 Å². The molecule has 1 amide bonds. The Labute approximate surface area is 158 Å². The van der Waals surface area contributed by atoms with Crippen LogP contribution in [0.15, 0.2) is 43.0 Å². The molecule has 0 fully saturated rings. The Bertz CT molecular complexity index is 820. The highest BCUT2D eigenvalue weighted by Crippen LogP contribution is 2.38. The van der Waals surface area contributed by atoms with Crippen LogP contribution in [-0.4, -0.2) is 23.9 Å². The quantitative estimate of drug-likeness (QED) is 0.716. The molecule has 1 aliphatic rings. The predicted molar refractivity (Wildman–Crippen MR) is 106 cm³/mol. The van der Waals surface area contributed by atoms with E-state index in [1.807, 2.05) is 24.3 Å². The first-order chi connectivity index (χ1) is 12.7. The largest absolute Gasteiger partial charge is 0.317 e. The van der Waals surface area contributed by atoms with Crippen molar-refractivity contribution in [2.45, 2.75) is 32.2 Å². The Morgan fingerprint density at radius 2 is 2.15 bits per heavy atom. The van der Waals surface area contributed by atoms with Gasteiger partial charge in [0, 0.05) is 30.9 Å². The van der Waals surface area contributed by atoms with Crippen LogP contribution in [0.2, 0.25) is 0 Å². The summed E-state index contributed by atoms with van der Waals surface area (Å²) in [5.41, 5.74) is 3.03. The number of amides is 1. The van der Waals surface area contributed by atoms with Crippen LogP contribution in [-0.2, 0) is 24.2 Å². The fourth-order valence-electron chi connectivity index (χ4n) is 3.32. The van der Waals surface area contributed by atoms with Gasteiger partial charge in [-0.05, 0) is 30.4 Å². The highest BCUT2D eigenvalue weighted by molar-refractivity contribution is 7.16. The Kier molecular flexibility index (Phi) is 6.21. The highest BCUT2D eigenvalue weighted by Gasteiger charge is 2.23. The Balaban J connectivity index is 1.57. The molecule has 4 nitrogen and oxygen atoms in total. The number of aryl methyl sites for hydroxylation is 1. The number of thiophene rings is 1. The molecule has 0 bridgehead atoms. The third-order valence-electron chi connectivity index (χ3n) is 4.58. The summed E-state index contributed by atoms with van der Waals surface area (Å²) in [7, 11) is 0. The SMILES string of the molecule is C=CCN(CCC(=O)Nc1sc2c(c1C#N)CCC2)Cc1ccccc1. The molecule has 0 radical (unpaired) electrons. The van der Waals surface area contributed by atoms with E-state index in [1.54, 1.807) is 11.3 Å². The molecule has 3 rings (SSSR count). The molecule has 2 aromatic rings. The van der Waals surface area contributed by atoms with Gasteiger partial charge in [0.25, 0.3) is 0 Å². The second-order valence-corrected chi connectivity index (χ2v) is 7.59. The minimum absolute atomic E-state index is 0.0384. The van der Waals surface area contributed by atoms with Crippen molar-refractivity contribution < 1.29 is 4.79 Å². The monoisotopic (exact) mass is 365 g/mol. The van der Waals surface area contributed by atoms with Gasteiger partial charge in [0.05, 0.1) is 5.56 Å². The lowest BCUT2D eigenvalue weighted by Gasteiger charge is -2.20. The van der Waals surface area contributed by atoms with E-state index in [1.165, 1.54) is 10.4 Å². The number of fused-ring (bicyclic) bond motifs is 1. The van der Waals surface area contributed by atoms with Crippen molar-refractivity contribution in [3.8, 4) is 6.07 Å². The number of nitrogens with zero attached hydrogens (tertiary/aromatic N) is 2. The molecule has 1 aromatic carbocycles. The van der Waals surface area contributed by atoms with Crippen molar-refractivity contribution in [3.63, 3.8) is 0 Å². The van der Waals surface area contributed by atoms with Gasteiger partial charge in [-0.25, -0.2) is 0 Å². The van der Waals surface area contributed by atoms with Gasteiger partial charge < -0.3 is 5.32 Å². The van der Waals surface area contributed by atoms with Gasteiger partial charge in [0.2, 0.25) is 5.91 Å². The van der Waals surface area contributed by atoms with Gasteiger partial charge in [0.15, 0.2) is 0 Å². The molecular formula is C21H23N3OS. The molecule has 0 spiro atoms. The molecule has 0 aliphatic heterocycles. The van der Waals surface area contributed by atoms with E-state index < -0.39 is 0 Å². The third-order valence-corrected chi connectivity index (χ3v) is 5.78. The molecule has 134 valence electrons. The molecule has 1 N–H and O–H groups in total. The summed E-state index contributed by atoms with van der Waals surface area (Å²) in [6, 6.07) is 12.5. The fourth-order valence-corrected chi connectivity index (χ4v) is 4.57. The molecule has 0 atom stereocenters. The maximum atomic E-state index is 12.4. The summed E-state index contributed by atoms with van der Waals surface area (Å²) in [6.45, 7) is 5.99. The second-order valence-electron chi connectivity index (χ2n) is 6.48. The summed E-state index contributed by atoms with van der Waals surface area (Å²) in [5, 5.41) is 13.1. The average Bonchev–Trinajstić information content (AvgIpc) is 3.21. The number of nitriles is 1. The van der Waals surface area contributed by atoms with Crippen molar-refractivity contribution in [1.82, 2.24) is 4.90 Å². The van der Waals surface area contributed by atoms with Gasteiger partial charge in [0.1, 0.15) is 11.1 Å². The van der Waals surface area contributed by atoms with Crippen LogP contribution in [0, 0.1) is 11.3 Å². The zero-order valence-electron chi connectivity index (χ0n) is 14.8. The molecule has 1 heterocycles. The Morgan fingerprint density at radius 3 is 2.88 bits per heavy atom. The maximum absolute atomic E-state index is 12.4. The lowest BCUT2D eigenvalue weighted by Crippen LogP contribution is -2.27. The molecule has 1 aliphatic carbocycles. The van der Waals surface area contributed by atoms with Crippen molar-refractivity contribution in [2.24, 2.45) is 0 Å². The van der Waals surface area contributed by atoms with Crippen LogP contribution in [0.5, 0.6) is 0 Å². The van der Waals surface area contributed by atoms with Crippen LogP contribution in [0.4, 0.5) is 5.00 Å². The van der Waals surface area contributed by atoms with Crippen LogP contribution in [0.3, 0.4) is 0 Å². The zero-order chi connectivity index (χ0) is 18.4. The molecule has 0 saturated carbocycles. The summed E-state index contributed by atoms with van der Waals surface area (Å²) >= 11 is 1.56. The molecule has 0 unspecified atom stereocenters. The van der Waals surface area contributed by atoms with E-state index in [2.05, 4.69) is 35.0 Å². The molecule has 1 aromatic heterocycles. The van der Waals surface area contributed by atoms with Crippen molar-refractivity contribution >= 4 is 22.2 Å². The van der Waals surface area contributed by atoms with Crippen LogP contribution in [0.1, 0.15) is 34.4 Å². The van der Waals surface area contributed by atoms with Gasteiger partial charge >= 0.3 is 0 Å². The second kappa shape index (κ2) is 8.79. The topological polar surface area (TPSA) is 56.1 Å². The summed E-state index contributed by atoms with van der Waals surface area (Å²) < 4.78 is 0. The van der Waals surface area contributed by atoms with E-state index in [0.717, 1.165) is 42.9 Å². The summed E-state index contributed by atoms with van der Waals surface area (Å²) in [5.74, 6) is -0.0384. The minimum atomic E-state index is -0.0384. The smallest absolute Gasteiger partial charge is 0.226 e. The number of carbonyl (C=O) groups is 1. The number of anilines is 1. The number of hydrogen-bond donors (Lipinski definition) is 1. The molecule has 5 heteroatoms. The van der Waals surface area contributed by atoms with Gasteiger partial charge in [-0.3, -0.25) is 9.69 Å². The van der Waals surface area contributed by atoms with Crippen LogP contribution in [0.25, 0.3) is 0 Å². The Morgan fingerprint density at radius 1 is 1.35 bits per heavy atom. The van der Waals surface area contributed by atoms with Crippen molar-refractivity contribution in [1.29, 1.82) is 5.26 Å². The minimum Gasteiger partial charge on any atom is -0.317 e. The van der Waals surface area contributed by atoms with Crippen LogP contribution < -0.4 is 5.32 Å². The lowest BCUT2D eigenvalue weighted by atomic mass is 10.1. The summed E-state index contributed by atoms with van der Waals surface area (Å²) in [4.78, 5) is 15.9. The van der Waals surface area contributed by atoms with Gasteiger partial charge in [-0.2, -0.15) is 5.26 Å². The number of benzene rings is 1. The van der Waals surface area contributed by atoms with E-state index in [4.69, 9.17) is 0 Å². The Hall–Kier alpha value is -2.42. The van der Waals surface area contributed by atoms with Crippen LogP contribution >= 0.6 is 11.3 Å². The average molecular weight is 366 g/mol. The third kappa shape index (κ3) is 4.40. The van der Waals surface area contributed by atoms with Crippen molar-refractivity contribution in [3.05, 3.63) is 64.6 Å². The standard InChI is InChI=1S/C21H23N3OS/c1-2-12-24(15-16-7-4-3-5-8-16)13-11-20(25)23-21-18(14-22)17-9-6-10-19(17)26-21/h2-5,7-8H,1,6,9-13,15H2,(H,23,25). The predicted octanol–water partition coefficient (Wildman–Crippen LogP) is 4.13. The van der Waals surface area contributed by atoms with E-state index in [9.17, 15) is 10.1 Å². The number of carbonyl (C=O) groups excluding carboxylic acids is 1. The van der Waals surface area contributed by atoms with E-state index in [-0.39, 0.29) is 5.91 Å². The van der Waals surface area contributed by atoms with Gasteiger partial charge in [-0.15, -0.1) is 17.9 Å². The zero-order valence-corrected chi connectivity index (χ0v) is 15.6. The summed E-state index contributed by atoms with van der Waals surface area (Å²) in [6.07, 6.45) is 5.34. The fraction of sp³-hybridized carbons (Fsp3) is 0.333. The maximum Gasteiger partial charge on any atom is 0.226 e. The normalized spacial score (nSPS) is 12.6. The molecular weight excluding hydrogens is 342 g/mol. The first-order valence-corrected chi connectivity index (χ1v) is 9.74. The van der Waals surface area contributed by atoms with Crippen molar-refractivity contribution in [2.75, 3.05) is 18.4 Å².